The first-order chi connectivity index (χ1) is 7.68. The number of rotatable bonds is 2. The molecule has 0 unspecified atom stereocenters. The Kier molecular flexibility index (Phi) is 3.01. The molecule has 0 aliphatic carbocycles. The van der Waals surface area contributed by atoms with Gasteiger partial charge in [-0.25, -0.2) is 4.79 Å². The Hall–Kier alpha value is -1.68. The van der Waals surface area contributed by atoms with Crippen LogP contribution < -0.4 is 0 Å². The first-order valence-electron chi connectivity index (χ1n) is 4.63. The number of carboxylic acids is 1. The minimum atomic E-state index is -0.979. The summed E-state index contributed by atoms with van der Waals surface area (Å²) in [5, 5.41) is 8.81. The van der Waals surface area contributed by atoms with Gasteiger partial charge in [-0.1, -0.05) is 30.3 Å². The Morgan fingerprint density at radius 3 is 2.50 bits per heavy atom. The molecule has 0 atom stereocenters. The van der Waals surface area contributed by atoms with Crippen molar-refractivity contribution in [1.82, 2.24) is 4.98 Å². The third-order valence-corrected chi connectivity index (χ3v) is 2.74. The van der Waals surface area contributed by atoms with Crippen LogP contribution in [0.2, 0.25) is 0 Å². The lowest BCUT2D eigenvalue weighted by Gasteiger charge is -2.04. The molecule has 0 aliphatic rings. The van der Waals surface area contributed by atoms with Gasteiger partial charge in [0.1, 0.15) is 0 Å². The van der Waals surface area contributed by atoms with E-state index in [4.69, 9.17) is 5.11 Å². The van der Waals surface area contributed by atoms with Crippen molar-refractivity contribution < 1.29 is 9.90 Å². The highest BCUT2D eigenvalue weighted by atomic mass is 79.9. The van der Waals surface area contributed by atoms with Crippen LogP contribution >= 0.6 is 15.9 Å². The zero-order valence-corrected chi connectivity index (χ0v) is 9.81. The number of pyridine rings is 1. The molecule has 0 aliphatic heterocycles. The van der Waals surface area contributed by atoms with Gasteiger partial charge in [0.05, 0.1) is 11.3 Å². The predicted molar refractivity (Wildman–Crippen MR) is 64.3 cm³/mol. The van der Waals surface area contributed by atoms with Crippen molar-refractivity contribution >= 4 is 21.9 Å². The first-order valence-corrected chi connectivity index (χ1v) is 5.42. The molecular formula is C12H8BrNO2. The van der Waals surface area contributed by atoms with Crippen LogP contribution in [0.25, 0.3) is 11.3 Å². The molecule has 0 amide bonds. The van der Waals surface area contributed by atoms with E-state index in [-0.39, 0.29) is 5.56 Å². The van der Waals surface area contributed by atoms with Crippen molar-refractivity contribution in [3.05, 3.63) is 52.6 Å². The quantitative estimate of drug-likeness (QED) is 0.917. The number of benzene rings is 1. The van der Waals surface area contributed by atoms with Crippen molar-refractivity contribution in [1.29, 1.82) is 0 Å². The number of aromatic nitrogens is 1. The van der Waals surface area contributed by atoms with Gasteiger partial charge in [-0.2, -0.15) is 0 Å². The van der Waals surface area contributed by atoms with Gasteiger partial charge < -0.3 is 5.11 Å². The van der Waals surface area contributed by atoms with E-state index in [0.29, 0.717) is 4.47 Å². The summed E-state index contributed by atoms with van der Waals surface area (Å²) in [6.07, 6.45) is 1.36. The summed E-state index contributed by atoms with van der Waals surface area (Å²) < 4.78 is 0.679. The Bertz CT molecular complexity index is 526. The summed E-state index contributed by atoms with van der Waals surface area (Å²) in [6.45, 7) is 0. The molecule has 0 saturated carbocycles. The van der Waals surface area contributed by atoms with E-state index in [1.165, 1.54) is 6.20 Å². The summed E-state index contributed by atoms with van der Waals surface area (Å²) in [4.78, 5) is 14.9. The maximum atomic E-state index is 10.7. The van der Waals surface area contributed by atoms with E-state index in [9.17, 15) is 4.79 Å². The maximum Gasteiger partial charge on any atom is 0.337 e. The molecule has 80 valence electrons. The number of carbonyl (C=O) groups is 1. The molecule has 0 bridgehead atoms. The molecular weight excluding hydrogens is 270 g/mol. The van der Waals surface area contributed by atoms with E-state index in [2.05, 4.69) is 20.9 Å². The lowest BCUT2D eigenvalue weighted by molar-refractivity contribution is 0.0696. The molecule has 4 heteroatoms. The molecule has 16 heavy (non-hydrogen) atoms. The van der Waals surface area contributed by atoms with Gasteiger partial charge in [0, 0.05) is 16.2 Å². The van der Waals surface area contributed by atoms with Crippen LogP contribution in [0.5, 0.6) is 0 Å². The standard InChI is InChI=1S/C12H8BrNO2/c13-10-6-9(12(15)16)7-14-11(10)8-4-2-1-3-5-8/h1-7H,(H,15,16). The average molecular weight is 278 g/mol. The maximum absolute atomic E-state index is 10.7. The van der Waals surface area contributed by atoms with E-state index >= 15 is 0 Å². The third kappa shape index (κ3) is 2.12. The molecule has 1 aromatic carbocycles. The normalized spacial score (nSPS) is 10.1. The second-order valence-corrected chi connectivity index (χ2v) is 4.08. The highest BCUT2D eigenvalue weighted by molar-refractivity contribution is 9.10. The van der Waals surface area contributed by atoms with Crippen LogP contribution in [0.3, 0.4) is 0 Å². The largest absolute Gasteiger partial charge is 0.478 e. The highest BCUT2D eigenvalue weighted by Gasteiger charge is 2.09. The van der Waals surface area contributed by atoms with Gasteiger partial charge in [0.2, 0.25) is 0 Å². The molecule has 1 N–H and O–H groups in total. The van der Waals surface area contributed by atoms with Crippen molar-refractivity contribution in [3.8, 4) is 11.3 Å². The lowest BCUT2D eigenvalue weighted by atomic mass is 10.1. The van der Waals surface area contributed by atoms with Crippen molar-refractivity contribution in [2.24, 2.45) is 0 Å². The van der Waals surface area contributed by atoms with Gasteiger partial charge in [-0.3, -0.25) is 4.98 Å². The number of nitrogens with zero attached hydrogens (tertiary/aromatic N) is 1. The molecule has 0 saturated heterocycles. The Balaban J connectivity index is 2.48. The van der Waals surface area contributed by atoms with Gasteiger partial charge in [-0.05, 0) is 22.0 Å². The SMILES string of the molecule is O=C(O)c1cnc(-c2ccccc2)c(Br)c1. The summed E-state index contributed by atoms with van der Waals surface area (Å²) in [5.74, 6) is -0.979. The van der Waals surface area contributed by atoms with Gasteiger partial charge >= 0.3 is 5.97 Å². The van der Waals surface area contributed by atoms with E-state index in [0.717, 1.165) is 11.3 Å². The lowest BCUT2D eigenvalue weighted by Crippen LogP contribution is -1.98. The fraction of sp³-hybridized carbons (Fsp3) is 0. The van der Waals surface area contributed by atoms with Crippen molar-refractivity contribution in [3.63, 3.8) is 0 Å². The molecule has 1 heterocycles. The van der Waals surface area contributed by atoms with Crippen LogP contribution in [0.15, 0.2) is 47.1 Å². The molecule has 0 radical (unpaired) electrons. The van der Waals surface area contributed by atoms with E-state index in [1.54, 1.807) is 6.07 Å². The number of hydrogen-bond acceptors (Lipinski definition) is 2. The molecule has 2 rings (SSSR count). The fourth-order valence-corrected chi connectivity index (χ4v) is 1.94. The first kappa shape index (κ1) is 10.8. The summed E-state index contributed by atoms with van der Waals surface area (Å²) in [6, 6.07) is 11.1. The highest BCUT2D eigenvalue weighted by Crippen LogP contribution is 2.26. The van der Waals surface area contributed by atoms with E-state index in [1.807, 2.05) is 30.3 Å². The fourth-order valence-electron chi connectivity index (χ4n) is 1.36. The Morgan fingerprint density at radius 2 is 1.94 bits per heavy atom. The van der Waals surface area contributed by atoms with Crippen LogP contribution in [-0.4, -0.2) is 16.1 Å². The number of hydrogen-bond donors (Lipinski definition) is 1. The zero-order valence-electron chi connectivity index (χ0n) is 8.22. The monoisotopic (exact) mass is 277 g/mol. The van der Waals surface area contributed by atoms with Crippen LogP contribution in [0.4, 0.5) is 0 Å². The van der Waals surface area contributed by atoms with Crippen molar-refractivity contribution in [2.45, 2.75) is 0 Å². The topological polar surface area (TPSA) is 50.2 Å². The predicted octanol–water partition coefficient (Wildman–Crippen LogP) is 3.21. The third-order valence-electron chi connectivity index (χ3n) is 2.14. The van der Waals surface area contributed by atoms with E-state index < -0.39 is 5.97 Å². The summed E-state index contributed by atoms with van der Waals surface area (Å²) >= 11 is 3.33. The smallest absolute Gasteiger partial charge is 0.337 e. The van der Waals surface area contributed by atoms with Crippen LogP contribution in [0.1, 0.15) is 10.4 Å². The Morgan fingerprint density at radius 1 is 1.25 bits per heavy atom. The second-order valence-electron chi connectivity index (χ2n) is 3.23. The van der Waals surface area contributed by atoms with Gasteiger partial charge in [-0.15, -0.1) is 0 Å². The summed E-state index contributed by atoms with van der Waals surface area (Å²) in [7, 11) is 0. The second kappa shape index (κ2) is 4.45. The molecule has 2 aromatic rings. The Labute approximate surface area is 101 Å². The average Bonchev–Trinajstić information content (AvgIpc) is 2.30. The minimum absolute atomic E-state index is 0.173. The van der Waals surface area contributed by atoms with Crippen LogP contribution in [0, 0.1) is 0 Å². The number of aromatic carboxylic acids is 1. The molecule has 0 spiro atoms. The van der Waals surface area contributed by atoms with Crippen LogP contribution in [-0.2, 0) is 0 Å². The summed E-state index contributed by atoms with van der Waals surface area (Å²) in [5.41, 5.74) is 1.86. The number of carboxylic acid groups (broad SMARTS) is 1. The van der Waals surface area contributed by atoms with Gasteiger partial charge in [0.15, 0.2) is 0 Å². The number of halogens is 1. The van der Waals surface area contributed by atoms with Gasteiger partial charge in [0.25, 0.3) is 0 Å². The molecule has 1 aromatic heterocycles. The zero-order chi connectivity index (χ0) is 11.5. The van der Waals surface area contributed by atoms with Crippen molar-refractivity contribution in [2.75, 3.05) is 0 Å². The molecule has 3 nitrogen and oxygen atoms in total. The minimum Gasteiger partial charge on any atom is -0.478 e. The molecule has 0 fully saturated rings.